The van der Waals surface area contributed by atoms with Gasteiger partial charge in [0, 0.05) is 19.6 Å². The summed E-state index contributed by atoms with van der Waals surface area (Å²) in [6.07, 6.45) is 0. The van der Waals surface area contributed by atoms with Gasteiger partial charge in [-0.3, -0.25) is 30.4 Å². The minimum atomic E-state index is -4.67. The molecule has 0 unspecified atom stereocenters. The normalized spacial score (nSPS) is 12.2. The number of nitrogens with two attached hydrogens (primary N) is 3. The van der Waals surface area contributed by atoms with Crippen molar-refractivity contribution in [2.45, 2.75) is 0 Å². The van der Waals surface area contributed by atoms with Crippen molar-refractivity contribution in [3.05, 3.63) is 0 Å². The van der Waals surface area contributed by atoms with Crippen LogP contribution in [-0.2, 0) is 82.5 Å². The summed E-state index contributed by atoms with van der Waals surface area (Å²) >= 11 is 0. The van der Waals surface area contributed by atoms with Crippen LogP contribution >= 0.6 is 0 Å². The summed E-state index contributed by atoms with van der Waals surface area (Å²) in [6.45, 7) is 1.40. The highest BCUT2D eigenvalue weighted by Gasteiger charge is 2.06. The van der Waals surface area contributed by atoms with E-state index >= 15 is 0 Å². The number of rotatable bonds is 14. The minimum Gasteiger partial charge on any atom is -0.395 e. The Labute approximate surface area is 282 Å². The van der Waals surface area contributed by atoms with Gasteiger partial charge in [-0.15, -0.1) is 0 Å². The van der Waals surface area contributed by atoms with Gasteiger partial charge in [-0.05, 0) is 0 Å². The van der Waals surface area contributed by atoms with Gasteiger partial charge >= 0.3 is 10.4 Å². The molecule has 0 aromatic rings. The molecule has 1 saturated heterocycles. The Morgan fingerprint density at radius 1 is 0.500 bits per heavy atom. The van der Waals surface area contributed by atoms with Gasteiger partial charge in [0.15, 0.2) is 0 Å². The van der Waals surface area contributed by atoms with Gasteiger partial charge in [0.05, 0.1) is 83.6 Å². The standard InChI is InChI=1S/2C3H9NO3S.2C3H8O4S.C2H7NO3S.C2H4O.H3N.H2O4S/c4*1-7-8(5,6)3-2-4;3-1-2-7(4,5)6;1-2-3-1;;1-5(2,3)4/h2*2-4H2,1H3;2*4H,2-3H2,1H3;1-3H2,(H,4,5,6);1-2H2;1H3;(H2,1,2,3,4). The first kappa shape index (κ1) is 62.3. The molecule has 0 spiro atoms. The molecular weight excluding hydrogens is 793 g/mol. The van der Waals surface area contributed by atoms with E-state index in [1.54, 1.807) is 0 Å². The van der Waals surface area contributed by atoms with Crippen LogP contribution in [0.4, 0.5) is 0 Å². The Morgan fingerprint density at radius 2 is 0.688 bits per heavy atom. The van der Waals surface area contributed by atoms with Crippen LogP contribution in [0.25, 0.3) is 0 Å². The molecule has 0 atom stereocenters. The fourth-order valence-electron chi connectivity index (χ4n) is 0.995. The summed E-state index contributed by atoms with van der Waals surface area (Å²) in [7, 11) is -17.5. The van der Waals surface area contributed by atoms with E-state index in [0.29, 0.717) is 0 Å². The van der Waals surface area contributed by atoms with Gasteiger partial charge < -0.3 is 38.3 Å². The number of aliphatic hydroxyl groups is 2. The molecule has 32 heteroatoms. The summed E-state index contributed by atoms with van der Waals surface area (Å²) < 4.78 is 162. The molecule has 0 aromatic heterocycles. The molecule has 1 rings (SSSR count). The number of epoxide rings is 1. The van der Waals surface area contributed by atoms with Crippen molar-refractivity contribution in [2.24, 2.45) is 17.2 Å². The van der Waals surface area contributed by atoms with Crippen molar-refractivity contribution in [3.8, 4) is 0 Å². The third-order valence-electron chi connectivity index (χ3n) is 3.01. The molecule has 0 aliphatic carbocycles. The Hall–Kier alpha value is -0.860. The van der Waals surface area contributed by atoms with Crippen LogP contribution < -0.4 is 23.4 Å². The molecule has 0 bridgehead atoms. The Morgan fingerprint density at radius 3 is 0.729 bits per heavy atom. The smallest absolute Gasteiger partial charge is 0.394 e. The van der Waals surface area contributed by atoms with Crippen LogP contribution in [0, 0.1) is 0 Å². The fraction of sp³-hybridized carbons (Fsp3) is 1.00. The Kier molecular flexibility index (Phi) is 44.9. The topological polar surface area (TPSA) is 468 Å². The van der Waals surface area contributed by atoms with Crippen LogP contribution in [-0.4, -0.2) is 178 Å². The van der Waals surface area contributed by atoms with Crippen LogP contribution in [0.15, 0.2) is 0 Å². The van der Waals surface area contributed by atoms with Crippen molar-refractivity contribution in [1.82, 2.24) is 6.15 Å². The number of hydrogen-bond acceptors (Lipinski definition) is 23. The third kappa shape index (κ3) is 85.1. The predicted molar refractivity (Wildman–Crippen MR) is 171 cm³/mol. The van der Waals surface area contributed by atoms with Crippen molar-refractivity contribution in [1.29, 1.82) is 0 Å². The second kappa shape index (κ2) is 34.6. The van der Waals surface area contributed by atoms with Gasteiger partial charge in [0.1, 0.15) is 0 Å². The Bertz CT molecular complexity index is 1210. The van der Waals surface area contributed by atoms with Gasteiger partial charge in [-0.25, -0.2) is 0 Å². The largest absolute Gasteiger partial charge is 0.395 e. The lowest BCUT2D eigenvalue weighted by Crippen LogP contribution is -2.16. The molecule has 1 aliphatic rings. The summed E-state index contributed by atoms with van der Waals surface area (Å²) in [4.78, 5) is 0. The summed E-state index contributed by atoms with van der Waals surface area (Å²) in [5.41, 5.74) is 14.6. The molecule has 302 valence electrons. The highest BCUT2D eigenvalue weighted by molar-refractivity contribution is 7.87. The Balaban J connectivity index is -0.0000000825. The second-order valence-electron chi connectivity index (χ2n) is 6.87. The average Bonchev–Trinajstić information content (AvgIpc) is 3.79. The molecule has 14 N–H and O–H groups in total. The molecule has 0 radical (unpaired) electrons. The van der Waals surface area contributed by atoms with E-state index in [1.165, 1.54) is 0 Å². The van der Waals surface area contributed by atoms with E-state index in [1.807, 2.05) is 0 Å². The fourth-order valence-corrected chi connectivity index (χ4v) is 2.98. The van der Waals surface area contributed by atoms with Crippen molar-refractivity contribution >= 4 is 61.0 Å². The molecular formula is C16H50N4O22S6. The summed E-state index contributed by atoms with van der Waals surface area (Å²) in [6, 6.07) is 0. The summed E-state index contributed by atoms with van der Waals surface area (Å²) in [5.74, 6) is -1.23. The maximum Gasteiger partial charge on any atom is 0.394 e. The first-order chi connectivity index (χ1) is 21.0. The van der Waals surface area contributed by atoms with Crippen LogP contribution in [0.1, 0.15) is 0 Å². The van der Waals surface area contributed by atoms with Crippen LogP contribution in [0.5, 0.6) is 0 Å². The van der Waals surface area contributed by atoms with E-state index < -0.39 is 74.2 Å². The van der Waals surface area contributed by atoms with E-state index in [0.717, 1.165) is 41.7 Å². The molecule has 1 aliphatic heterocycles. The maximum absolute atomic E-state index is 10.3. The van der Waals surface area contributed by atoms with Gasteiger partial charge in [-0.2, -0.15) is 50.5 Å². The second-order valence-corrected chi connectivity index (χ2v) is 16.8. The molecule has 0 amide bonds. The van der Waals surface area contributed by atoms with E-state index in [9.17, 15) is 42.1 Å². The van der Waals surface area contributed by atoms with Gasteiger partial charge in [0.25, 0.3) is 50.6 Å². The number of aliphatic hydroxyl groups excluding tert-OH is 2. The molecule has 0 saturated carbocycles. The lowest BCUT2D eigenvalue weighted by molar-refractivity contribution is 0.309. The lowest BCUT2D eigenvalue weighted by Gasteiger charge is -1.94. The minimum absolute atomic E-state index is 0. The first-order valence-electron chi connectivity index (χ1n) is 11.7. The summed E-state index contributed by atoms with van der Waals surface area (Å²) in [5, 5.41) is 16.1. The monoisotopic (exact) mass is 842 g/mol. The number of hydrogen-bond donors (Lipinski definition) is 9. The zero-order valence-electron chi connectivity index (χ0n) is 26.6. The third-order valence-corrected chi connectivity index (χ3v) is 8.63. The molecule has 26 nitrogen and oxygen atoms in total. The molecule has 1 fully saturated rings. The van der Waals surface area contributed by atoms with Crippen molar-refractivity contribution in [2.75, 3.05) is 103 Å². The van der Waals surface area contributed by atoms with Crippen molar-refractivity contribution in [3.63, 3.8) is 0 Å². The predicted octanol–water partition coefficient (Wildman–Crippen LogP) is -5.89. The lowest BCUT2D eigenvalue weighted by atomic mass is 10.8. The SMILES string of the molecule is C1CO1.COS(=O)(=O)CCN.COS(=O)(=O)CCN.COS(=O)(=O)CCO.COS(=O)(=O)CCO.N.NCCS(=O)(=O)O.O=S(=O)(O)O. The van der Waals surface area contributed by atoms with Crippen LogP contribution in [0.3, 0.4) is 0 Å². The van der Waals surface area contributed by atoms with Gasteiger partial charge in [0.2, 0.25) is 0 Å². The van der Waals surface area contributed by atoms with E-state index in [-0.39, 0.29) is 54.5 Å². The molecule has 1 heterocycles. The maximum atomic E-state index is 10.3. The number of ether oxygens (including phenoxy) is 1. The van der Waals surface area contributed by atoms with E-state index in [4.69, 9.17) is 49.5 Å². The highest BCUT2D eigenvalue weighted by Crippen LogP contribution is 1.88. The van der Waals surface area contributed by atoms with Gasteiger partial charge in [-0.1, -0.05) is 0 Å². The van der Waals surface area contributed by atoms with Crippen molar-refractivity contribution < 1.29 is 95.8 Å². The zero-order chi connectivity index (χ0) is 39.0. The highest BCUT2D eigenvalue weighted by atomic mass is 32.3. The molecule has 48 heavy (non-hydrogen) atoms. The average molecular weight is 843 g/mol. The molecule has 0 aromatic carbocycles. The van der Waals surface area contributed by atoms with Crippen LogP contribution in [0.2, 0.25) is 0 Å². The zero-order valence-corrected chi connectivity index (χ0v) is 31.4. The quantitative estimate of drug-likeness (QED) is 0.0446. The first-order valence-corrected chi connectivity index (χ1v) is 21.0. The van der Waals surface area contributed by atoms with E-state index in [2.05, 4.69) is 21.5 Å².